The van der Waals surface area contributed by atoms with E-state index in [2.05, 4.69) is 11.0 Å². The number of benzene rings is 1. The number of likely N-dealkylation sites (N-methyl/N-ethyl adjacent to an activating group) is 1. The van der Waals surface area contributed by atoms with Gasteiger partial charge in [0.2, 0.25) is 0 Å². The summed E-state index contributed by atoms with van der Waals surface area (Å²) in [7, 11) is 1.96. The van der Waals surface area contributed by atoms with Crippen molar-refractivity contribution in [2.24, 2.45) is 0 Å². The van der Waals surface area contributed by atoms with E-state index in [4.69, 9.17) is 5.26 Å². The number of hydrogen-bond donors (Lipinski definition) is 0. The van der Waals surface area contributed by atoms with E-state index in [1.54, 1.807) is 12.1 Å². The van der Waals surface area contributed by atoms with E-state index in [0.29, 0.717) is 6.42 Å². The van der Waals surface area contributed by atoms with Gasteiger partial charge in [0.15, 0.2) is 0 Å². The number of nitro benzene ring substituents is 1. The van der Waals surface area contributed by atoms with Crippen LogP contribution in [0.25, 0.3) is 0 Å². The molecule has 0 atom stereocenters. The predicted molar refractivity (Wildman–Crippen MR) is 64.5 cm³/mol. The van der Waals surface area contributed by atoms with Crippen LogP contribution in [0, 0.1) is 21.4 Å². The first kappa shape index (κ1) is 13.1. The number of nitro groups is 1. The maximum Gasteiger partial charge on any atom is 0.269 e. The van der Waals surface area contributed by atoms with Crippen LogP contribution < -0.4 is 0 Å². The topological polar surface area (TPSA) is 70.2 Å². The van der Waals surface area contributed by atoms with Gasteiger partial charge < -0.3 is 4.90 Å². The Morgan fingerprint density at radius 3 is 2.53 bits per heavy atom. The summed E-state index contributed by atoms with van der Waals surface area (Å²) in [6, 6.07) is 8.69. The van der Waals surface area contributed by atoms with E-state index in [-0.39, 0.29) is 5.69 Å². The minimum atomic E-state index is -0.400. The fourth-order valence-electron chi connectivity index (χ4n) is 1.46. The lowest BCUT2D eigenvalue weighted by molar-refractivity contribution is -0.384. The molecule has 0 saturated carbocycles. The lowest BCUT2D eigenvalue weighted by Gasteiger charge is -2.14. The van der Waals surface area contributed by atoms with E-state index in [1.807, 2.05) is 7.05 Å². The van der Waals surface area contributed by atoms with Gasteiger partial charge in [-0.2, -0.15) is 5.26 Å². The van der Waals surface area contributed by atoms with E-state index >= 15 is 0 Å². The highest BCUT2D eigenvalue weighted by Crippen LogP contribution is 2.12. The van der Waals surface area contributed by atoms with Gasteiger partial charge in [0.1, 0.15) is 0 Å². The molecule has 0 aliphatic rings. The number of rotatable bonds is 6. The van der Waals surface area contributed by atoms with Gasteiger partial charge in [0.25, 0.3) is 5.69 Å². The molecule has 0 saturated heterocycles. The summed E-state index contributed by atoms with van der Waals surface area (Å²) in [5, 5.41) is 18.9. The van der Waals surface area contributed by atoms with Crippen molar-refractivity contribution in [2.75, 3.05) is 20.1 Å². The Kier molecular flexibility index (Phi) is 5.11. The molecule has 1 aromatic carbocycles. The highest BCUT2D eigenvalue weighted by Gasteiger charge is 2.04. The molecule has 0 bridgehead atoms. The molecule has 0 aliphatic heterocycles. The molecule has 5 heteroatoms. The van der Waals surface area contributed by atoms with Crippen LogP contribution in [-0.4, -0.2) is 30.0 Å². The smallest absolute Gasteiger partial charge is 0.269 e. The molecule has 0 heterocycles. The Morgan fingerprint density at radius 1 is 1.35 bits per heavy atom. The molecule has 0 radical (unpaired) electrons. The maximum atomic E-state index is 10.5. The number of hydrogen-bond acceptors (Lipinski definition) is 4. The third-order valence-corrected chi connectivity index (χ3v) is 2.53. The molecule has 0 spiro atoms. The number of nitrogens with zero attached hydrogens (tertiary/aromatic N) is 3. The van der Waals surface area contributed by atoms with E-state index < -0.39 is 4.92 Å². The second kappa shape index (κ2) is 6.61. The van der Waals surface area contributed by atoms with Crippen LogP contribution in [0.5, 0.6) is 0 Å². The second-order valence-corrected chi connectivity index (χ2v) is 3.88. The van der Waals surface area contributed by atoms with E-state index in [1.165, 1.54) is 12.1 Å². The Bertz CT molecular complexity index is 409. The van der Waals surface area contributed by atoms with Crippen LogP contribution in [0.2, 0.25) is 0 Å². The van der Waals surface area contributed by atoms with Crippen molar-refractivity contribution in [1.82, 2.24) is 4.90 Å². The fraction of sp³-hybridized carbons (Fsp3) is 0.417. The summed E-state index contributed by atoms with van der Waals surface area (Å²) in [4.78, 5) is 12.1. The van der Waals surface area contributed by atoms with Crippen molar-refractivity contribution < 1.29 is 4.92 Å². The van der Waals surface area contributed by atoms with E-state index in [0.717, 1.165) is 25.1 Å². The highest BCUT2D eigenvalue weighted by molar-refractivity contribution is 5.32. The molecule has 1 rings (SSSR count). The Hall–Kier alpha value is -1.93. The molecular formula is C12H15N3O2. The predicted octanol–water partition coefficient (Wildman–Crippen LogP) is 1.98. The monoisotopic (exact) mass is 233 g/mol. The fourth-order valence-corrected chi connectivity index (χ4v) is 1.46. The van der Waals surface area contributed by atoms with Gasteiger partial charge in [0.05, 0.1) is 11.0 Å². The third-order valence-electron chi connectivity index (χ3n) is 2.53. The molecule has 17 heavy (non-hydrogen) atoms. The lowest BCUT2D eigenvalue weighted by atomic mass is 10.1. The molecule has 0 unspecified atom stereocenters. The summed E-state index contributed by atoms with van der Waals surface area (Å²) in [6.45, 7) is 1.60. The van der Waals surface area contributed by atoms with Gasteiger partial charge >= 0.3 is 0 Å². The summed E-state index contributed by atoms with van der Waals surface area (Å²) in [5.74, 6) is 0. The summed E-state index contributed by atoms with van der Waals surface area (Å²) < 4.78 is 0. The van der Waals surface area contributed by atoms with Crippen LogP contribution in [0.15, 0.2) is 24.3 Å². The van der Waals surface area contributed by atoms with Crippen LogP contribution in [0.4, 0.5) is 5.69 Å². The van der Waals surface area contributed by atoms with Crippen molar-refractivity contribution in [3.63, 3.8) is 0 Å². The second-order valence-electron chi connectivity index (χ2n) is 3.88. The van der Waals surface area contributed by atoms with Gasteiger partial charge in [-0.15, -0.1) is 0 Å². The zero-order valence-electron chi connectivity index (χ0n) is 9.80. The quantitative estimate of drug-likeness (QED) is 0.556. The Labute approximate surface area is 100 Å². The zero-order chi connectivity index (χ0) is 12.7. The average Bonchev–Trinajstić information content (AvgIpc) is 2.34. The average molecular weight is 233 g/mol. The molecule has 0 aliphatic carbocycles. The SMILES string of the molecule is CN(CCC#N)CCc1ccc([N+](=O)[O-])cc1. The van der Waals surface area contributed by atoms with Gasteiger partial charge in [0, 0.05) is 31.6 Å². The molecule has 0 N–H and O–H groups in total. The Morgan fingerprint density at radius 2 is 2.00 bits per heavy atom. The minimum absolute atomic E-state index is 0.117. The first-order chi connectivity index (χ1) is 8.13. The summed E-state index contributed by atoms with van der Waals surface area (Å²) in [5.41, 5.74) is 1.19. The molecule has 0 fully saturated rings. The van der Waals surface area contributed by atoms with Gasteiger partial charge in [-0.05, 0) is 19.0 Å². The third kappa shape index (κ3) is 4.62. The van der Waals surface area contributed by atoms with Crippen molar-refractivity contribution >= 4 is 5.69 Å². The Balaban J connectivity index is 2.42. The van der Waals surface area contributed by atoms with E-state index in [9.17, 15) is 10.1 Å². The van der Waals surface area contributed by atoms with Crippen LogP contribution in [-0.2, 0) is 6.42 Å². The van der Waals surface area contributed by atoms with Crippen molar-refractivity contribution in [3.05, 3.63) is 39.9 Å². The number of nitriles is 1. The van der Waals surface area contributed by atoms with Crippen molar-refractivity contribution in [1.29, 1.82) is 5.26 Å². The molecule has 5 nitrogen and oxygen atoms in total. The van der Waals surface area contributed by atoms with Gasteiger partial charge in [-0.1, -0.05) is 12.1 Å². The summed E-state index contributed by atoms with van der Waals surface area (Å²) >= 11 is 0. The van der Waals surface area contributed by atoms with Crippen LogP contribution in [0.1, 0.15) is 12.0 Å². The van der Waals surface area contributed by atoms with Crippen molar-refractivity contribution in [3.8, 4) is 6.07 Å². The summed E-state index contributed by atoms with van der Waals surface area (Å²) in [6.07, 6.45) is 1.36. The standard InChI is InChI=1S/C12H15N3O2/c1-14(9-2-8-13)10-7-11-3-5-12(6-4-11)15(16)17/h3-6H,2,7,9-10H2,1H3. The first-order valence-electron chi connectivity index (χ1n) is 5.42. The largest absolute Gasteiger partial charge is 0.305 e. The van der Waals surface area contributed by atoms with Crippen LogP contribution in [0.3, 0.4) is 0 Å². The normalized spacial score (nSPS) is 10.2. The van der Waals surface area contributed by atoms with Crippen LogP contribution >= 0.6 is 0 Å². The molecule has 1 aromatic rings. The lowest BCUT2D eigenvalue weighted by Crippen LogP contribution is -2.22. The highest BCUT2D eigenvalue weighted by atomic mass is 16.6. The zero-order valence-corrected chi connectivity index (χ0v) is 9.80. The maximum absolute atomic E-state index is 10.5. The van der Waals surface area contributed by atoms with Gasteiger partial charge in [-0.3, -0.25) is 10.1 Å². The minimum Gasteiger partial charge on any atom is -0.305 e. The van der Waals surface area contributed by atoms with Crippen molar-refractivity contribution in [2.45, 2.75) is 12.8 Å². The van der Waals surface area contributed by atoms with Gasteiger partial charge in [-0.25, -0.2) is 0 Å². The first-order valence-corrected chi connectivity index (χ1v) is 5.42. The molecule has 90 valence electrons. The molecule has 0 aromatic heterocycles. The molecular weight excluding hydrogens is 218 g/mol. The molecule has 0 amide bonds. The number of non-ortho nitro benzene ring substituents is 1.